The van der Waals surface area contributed by atoms with Crippen molar-refractivity contribution in [2.24, 2.45) is 0 Å². The van der Waals surface area contributed by atoms with E-state index in [9.17, 15) is 45.5 Å². The molecule has 222 valence electrons. The van der Waals surface area contributed by atoms with E-state index in [2.05, 4.69) is 0 Å². The van der Waals surface area contributed by atoms with Crippen molar-refractivity contribution in [3.8, 4) is 22.3 Å². The summed E-state index contributed by atoms with van der Waals surface area (Å²) in [7, 11) is 0. The largest absolute Gasteiger partial charge is 0.458 e. The number of halogens is 6. The number of hydrogen-bond donors (Lipinski definition) is 0. The standard InChI is InChI=1S/C33H24F6O4/c1-2-4-21-15-16-26(23-13-9-20(10-14-23)18-28(41)31(43)33(37,38)39)29-24(21)5-3-6-25(29)22-11-7-19(8-12-22)17-27(40)30(42)32(34,35)36/h3,5-16H,2,4,17-18H2,1H3. The van der Waals surface area contributed by atoms with Gasteiger partial charge in [-0.2, -0.15) is 26.3 Å². The van der Waals surface area contributed by atoms with E-state index in [0.717, 1.165) is 40.3 Å². The van der Waals surface area contributed by atoms with Gasteiger partial charge in [-0.1, -0.05) is 92.2 Å². The Morgan fingerprint density at radius 3 is 1.44 bits per heavy atom. The third-order valence-electron chi connectivity index (χ3n) is 6.93. The summed E-state index contributed by atoms with van der Waals surface area (Å²) in [5, 5.41) is 1.79. The van der Waals surface area contributed by atoms with Gasteiger partial charge in [0.25, 0.3) is 0 Å². The molecule has 0 bridgehead atoms. The molecule has 10 heteroatoms. The fourth-order valence-corrected chi connectivity index (χ4v) is 4.89. The van der Waals surface area contributed by atoms with E-state index in [1.54, 1.807) is 24.3 Å². The van der Waals surface area contributed by atoms with Crippen LogP contribution in [0.5, 0.6) is 0 Å². The van der Waals surface area contributed by atoms with Gasteiger partial charge in [0.05, 0.1) is 0 Å². The van der Waals surface area contributed by atoms with E-state index >= 15 is 0 Å². The third kappa shape index (κ3) is 7.07. The van der Waals surface area contributed by atoms with Crippen molar-refractivity contribution in [1.82, 2.24) is 0 Å². The lowest BCUT2D eigenvalue weighted by molar-refractivity contribution is -0.174. The molecule has 0 aliphatic rings. The van der Waals surface area contributed by atoms with Crippen molar-refractivity contribution in [3.05, 3.63) is 95.6 Å². The highest BCUT2D eigenvalue weighted by Crippen LogP contribution is 2.39. The molecule has 0 atom stereocenters. The second-order valence-electron chi connectivity index (χ2n) is 10.00. The molecule has 0 aliphatic carbocycles. The number of aryl methyl sites for hydroxylation is 1. The summed E-state index contributed by atoms with van der Waals surface area (Å²) in [5.74, 6) is -7.91. The quantitative estimate of drug-likeness (QED) is 0.139. The van der Waals surface area contributed by atoms with Crippen LogP contribution in [0.4, 0.5) is 26.3 Å². The molecule has 0 saturated carbocycles. The van der Waals surface area contributed by atoms with Gasteiger partial charge in [0.15, 0.2) is 0 Å². The van der Waals surface area contributed by atoms with Crippen LogP contribution in [0.2, 0.25) is 0 Å². The SMILES string of the molecule is CCCc1ccc(-c2ccc(CC(=O)C(=O)C(F)(F)F)cc2)c2c(-c3ccc(CC(=O)C(=O)C(F)(F)F)cc3)cccc12. The first-order valence-electron chi connectivity index (χ1n) is 13.2. The van der Waals surface area contributed by atoms with Crippen LogP contribution >= 0.6 is 0 Å². The second-order valence-corrected chi connectivity index (χ2v) is 10.00. The minimum absolute atomic E-state index is 0.243. The molecule has 0 aliphatic heterocycles. The molecule has 4 nitrogen and oxygen atoms in total. The van der Waals surface area contributed by atoms with Crippen LogP contribution in [0, 0.1) is 0 Å². The number of ketones is 4. The fourth-order valence-electron chi connectivity index (χ4n) is 4.89. The fraction of sp³-hybridized carbons (Fsp3) is 0.212. The van der Waals surface area contributed by atoms with Crippen LogP contribution in [-0.2, 0) is 38.4 Å². The highest BCUT2D eigenvalue weighted by atomic mass is 19.4. The van der Waals surface area contributed by atoms with Gasteiger partial charge in [0.1, 0.15) is 0 Å². The maximum absolute atomic E-state index is 12.6. The minimum Gasteiger partial charge on any atom is -0.290 e. The highest BCUT2D eigenvalue weighted by molar-refractivity contribution is 6.40. The molecule has 4 aromatic carbocycles. The summed E-state index contributed by atoms with van der Waals surface area (Å²) in [6.07, 6.45) is -10.2. The zero-order chi connectivity index (χ0) is 31.5. The van der Waals surface area contributed by atoms with Crippen molar-refractivity contribution in [2.45, 2.75) is 45.0 Å². The molecule has 0 radical (unpaired) electrons. The van der Waals surface area contributed by atoms with Crippen molar-refractivity contribution in [3.63, 3.8) is 0 Å². The van der Waals surface area contributed by atoms with E-state index in [-0.39, 0.29) is 11.1 Å². The van der Waals surface area contributed by atoms with E-state index in [4.69, 9.17) is 0 Å². The molecule has 4 aromatic rings. The Hall–Kier alpha value is -4.60. The Kier molecular flexibility index (Phi) is 8.98. The van der Waals surface area contributed by atoms with Crippen LogP contribution in [0.25, 0.3) is 33.0 Å². The number of hydrogen-bond acceptors (Lipinski definition) is 4. The first kappa shape index (κ1) is 31.3. The average Bonchev–Trinajstić information content (AvgIpc) is 2.96. The Morgan fingerprint density at radius 1 is 0.581 bits per heavy atom. The summed E-state index contributed by atoms with van der Waals surface area (Å²) >= 11 is 0. The Morgan fingerprint density at radius 2 is 1.02 bits per heavy atom. The molecule has 0 spiro atoms. The number of alkyl halides is 6. The first-order chi connectivity index (χ1) is 20.2. The van der Waals surface area contributed by atoms with Crippen LogP contribution < -0.4 is 0 Å². The van der Waals surface area contributed by atoms with Gasteiger partial charge in [-0.3, -0.25) is 19.2 Å². The summed E-state index contributed by atoms with van der Waals surface area (Å²) in [6, 6.07) is 22.1. The Bertz CT molecular complexity index is 1610. The summed E-state index contributed by atoms with van der Waals surface area (Å²) in [5.41, 5.74) is 4.53. The number of carbonyl (C=O) groups is 4. The van der Waals surface area contributed by atoms with Crippen LogP contribution in [0.15, 0.2) is 78.9 Å². The van der Waals surface area contributed by atoms with E-state index in [1.165, 1.54) is 24.3 Å². The van der Waals surface area contributed by atoms with Gasteiger partial charge in [-0.05, 0) is 56.1 Å². The van der Waals surface area contributed by atoms with Crippen molar-refractivity contribution < 1.29 is 45.5 Å². The lowest BCUT2D eigenvalue weighted by atomic mass is 9.87. The van der Waals surface area contributed by atoms with E-state index in [0.29, 0.717) is 11.1 Å². The number of fused-ring (bicyclic) bond motifs is 1. The Balaban J connectivity index is 1.72. The van der Waals surface area contributed by atoms with Gasteiger partial charge in [0, 0.05) is 12.8 Å². The molecular formula is C33H24F6O4. The van der Waals surface area contributed by atoms with Gasteiger partial charge >= 0.3 is 23.9 Å². The average molecular weight is 599 g/mol. The van der Waals surface area contributed by atoms with Crippen LogP contribution in [-0.4, -0.2) is 35.5 Å². The lowest BCUT2D eigenvalue weighted by Crippen LogP contribution is -2.31. The molecule has 0 unspecified atom stereocenters. The van der Waals surface area contributed by atoms with Crippen LogP contribution in [0.3, 0.4) is 0 Å². The van der Waals surface area contributed by atoms with E-state index < -0.39 is 48.3 Å². The molecule has 0 fully saturated rings. The summed E-state index contributed by atoms with van der Waals surface area (Å²) < 4.78 is 75.7. The monoisotopic (exact) mass is 598 g/mol. The summed E-state index contributed by atoms with van der Waals surface area (Å²) in [6.45, 7) is 2.04. The molecular weight excluding hydrogens is 574 g/mol. The predicted molar refractivity (Wildman–Crippen MR) is 148 cm³/mol. The minimum atomic E-state index is -5.24. The number of benzene rings is 4. The maximum atomic E-state index is 12.6. The van der Waals surface area contributed by atoms with Crippen molar-refractivity contribution >= 4 is 33.9 Å². The van der Waals surface area contributed by atoms with Gasteiger partial charge < -0.3 is 0 Å². The predicted octanol–water partition coefficient (Wildman–Crippen LogP) is 7.61. The van der Waals surface area contributed by atoms with Gasteiger partial charge in [-0.25, -0.2) is 0 Å². The van der Waals surface area contributed by atoms with Crippen molar-refractivity contribution in [2.75, 3.05) is 0 Å². The zero-order valence-corrected chi connectivity index (χ0v) is 22.7. The molecule has 4 rings (SSSR count). The zero-order valence-electron chi connectivity index (χ0n) is 22.7. The molecule has 0 amide bonds. The molecule has 0 N–H and O–H groups in total. The number of carbonyl (C=O) groups excluding carboxylic acids is 4. The smallest absolute Gasteiger partial charge is 0.290 e. The first-order valence-corrected chi connectivity index (χ1v) is 13.2. The number of Topliss-reactive ketones (excluding diaryl/α,β-unsaturated/α-hetero) is 4. The van der Waals surface area contributed by atoms with Crippen LogP contribution in [0.1, 0.15) is 30.0 Å². The third-order valence-corrected chi connectivity index (χ3v) is 6.93. The summed E-state index contributed by atoms with van der Waals surface area (Å²) in [4.78, 5) is 46.1. The molecule has 0 heterocycles. The Labute approximate surface area is 242 Å². The molecule has 0 aromatic heterocycles. The topological polar surface area (TPSA) is 68.3 Å². The van der Waals surface area contributed by atoms with Gasteiger partial charge in [0.2, 0.25) is 11.6 Å². The lowest BCUT2D eigenvalue weighted by Gasteiger charge is -2.16. The number of rotatable bonds is 10. The molecule has 0 saturated heterocycles. The highest BCUT2D eigenvalue weighted by Gasteiger charge is 2.43. The molecule has 43 heavy (non-hydrogen) atoms. The normalized spacial score (nSPS) is 11.9. The second kappa shape index (κ2) is 12.3. The maximum Gasteiger partial charge on any atom is 0.458 e. The van der Waals surface area contributed by atoms with E-state index in [1.807, 2.05) is 37.3 Å². The van der Waals surface area contributed by atoms with Gasteiger partial charge in [-0.15, -0.1) is 0 Å². The van der Waals surface area contributed by atoms with Crippen molar-refractivity contribution in [1.29, 1.82) is 0 Å².